The van der Waals surface area contributed by atoms with E-state index < -0.39 is 42.3 Å². The third kappa shape index (κ3) is 4.03. The molecule has 8 heteroatoms. The Bertz CT molecular complexity index is 895. The van der Waals surface area contributed by atoms with Crippen molar-refractivity contribution in [2.24, 2.45) is 0 Å². The second-order valence-corrected chi connectivity index (χ2v) is 10.2. The van der Waals surface area contributed by atoms with Crippen molar-refractivity contribution in [3.05, 3.63) is 24.3 Å². The summed E-state index contributed by atoms with van der Waals surface area (Å²) in [5.41, 5.74) is 0.607. The predicted octanol–water partition coefficient (Wildman–Crippen LogP) is 4.27. The number of carbonyl (C=O) groups excluding carboxylic acids is 1. The normalized spacial score (nSPS) is 35.6. The van der Waals surface area contributed by atoms with Gasteiger partial charge in [0.2, 0.25) is 0 Å². The van der Waals surface area contributed by atoms with E-state index in [2.05, 4.69) is 5.32 Å². The number of amides is 1. The van der Waals surface area contributed by atoms with Crippen LogP contribution in [0.3, 0.4) is 0 Å². The molecule has 5 atom stereocenters. The van der Waals surface area contributed by atoms with Crippen molar-refractivity contribution >= 4 is 11.6 Å². The molecule has 3 heterocycles. The van der Waals surface area contributed by atoms with Crippen molar-refractivity contribution in [2.45, 2.75) is 113 Å². The highest BCUT2D eigenvalue weighted by Crippen LogP contribution is 2.51. The van der Waals surface area contributed by atoms with Crippen molar-refractivity contribution in [2.75, 3.05) is 11.9 Å². The van der Waals surface area contributed by atoms with Crippen LogP contribution in [0.15, 0.2) is 24.3 Å². The highest BCUT2D eigenvalue weighted by molar-refractivity contribution is 5.96. The van der Waals surface area contributed by atoms with Crippen LogP contribution in [-0.2, 0) is 28.5 Å². The molecular weight excluding hydrogens is 438 g/mol. The lowest BCUT2D eigenvalue weighted by Crippen LogP contribution is -2.58. The van der Waals surface area contributed by atoms with Gasteiger partial charge in [-0.1, -0.05) is 25.0 Å². The summed E-state index contributed by atoms with van der Waals surface area (Å²) < 4.78 is 38.1. The number of anilines is 1. The van der Waals surface area contributed by atoms with Crippen LogP contribution >= 0.6 is 0 Å². The molecule has 8 nitrogen and oxygen atoms in total. The van der Waals surface area contributed by atoms with Crippen LogP contribution < -0.4 is 10.1 Å². The van der Waals surface area contributed by atoms with Crippen molar-refractivity contribution in [3.8, 4) is 5.75 Å². The fourth-order valence-electron chi connectivity index (χ4n) is 6.22. The Kier molecular flexibility index (Phi) is 6.06. The van der Waals surface area contributed by atoms with Crippen molar-refractivity contribution in [1.82, 2.24) is 0 Å². The minimum atomic E-state index is -0.871. The Morgan fingerprint density at radius 3 is 2.21 bits per heavy atom. The lowest BCUT2D eigenvalue weighted by atomic mass is 9.94. The molecule has 3 aliphatic heterocycles. The van der Waals surface area contributed by atoms with Gasteiger partial charge in [-0.25, -0.2) is 0 Å². The van der Waals surface area contributed by atoms with E-state index in [1.807, 2.05) is 31.2 Å². The number of carbonyl (C=O) groups is 1. The molecule has 34 heavy (non-hydrogen) atoms. The molecule has 1 amide bonds. The monoisotopic (exact) mass is 473 g/mol. The molecule has 0 unspecified atom stereocenters. The van der Waals surface area contributed by atoms with Crippen molar-refractivity contribution in [3.63, 3.8) is 0 Å². The van der Waals surface area contributed by atoms with Gasteiger partial charge in [0, 0.05) is 25.7 Å². The van der Waals surface area contributed by atoms with E-state index in [1.165, 1.54) is 12.8 Å². The quantitative estimate of drug-likeness (QED) is 0.699. The van der Waals surface area contributed by atoms with Crippen LogP contribution in [0.2, 0.25) is 0 Å². The lowest BCUT2D eigenvalue weighted by molar-refractivity contribution is -0.246. The summed E-state index contributed by atoms with van der Waals surface area (Å²) in [5.74, 6) is -0.974. The molecule has 186 valence electrons. The summed E-state index contributed by atoms with van der Waals surface area (Å²) in [7, 11) is 0. The Hall–Kier alpha value is -1.71. The molecule has 5 aliphatic rings. The van der Waals surface area contributed by atoms with Crippen LogP contribution in [0.5, 0.6) is 5.75 Å². The molecule has 2 spiro atoms. The minimum Gasteiger partial charge on any atom is -0.492 e. The minimum absolute atomic E-state index is 0.287. The molecule has 3 saturated heterocycles. The van der Waals surface area contributed by atoms with Crippen LogP contribution in [-0.4, -0.2) is 54.8 Å². The molecule has 1 N–H and O–H groups in total. The zero-order chi connectivity index (χ0) is 23.2. The van der Waals surface area contributed by atoms with Gasteiger partial charge in [0.05, 0.1) is 12.3 Å². The number of fused-ring (bicyclic) bond motifs is 3. The van der Waals surface area contributed by atoms with Crippen LogP contribution in [0.1, 0.15) is 71.1 Å². The van der Waals surface area contributed by atoms with E-state index in [-0.39, 0.29) is 5.91 Å². The number of para-hydroxylation sites is 2. The second kappa shape index (κ2) is 9.06. The van der Waals surface area contributed by atoms with Gasteiger partial charge in [-0.3, -0.25) is 4.79 Å². The largest absolute Gasteiger partial charge is 0.492 e. The van der Waals surface area contributed by atoms with E-state index in [4.69, 9.17) is 28.4 Å². The first-order valence-electron chi connectivity index (χ1n) is 13.0. The predicted molar refractivity (Wildman–Crippen MR) is 122 cm³/mol. The van der Waals surface area contributed by atoms with Crippen LogP contribution in [0.4, 0.5) is 5.69 Å². The van der Waals surface area contributed by atoms with E-state index in [9.17, 15) is 4.79 Å². The summed E-state index contributed by atoms with van der Waals surface area (Å²) >= 11 is 0. The van der Waals surface area contributed by atoms with Gasteiger partial charge in [-0.05, 0) is 44.7 Å². The molecule has 1 aromatic carbocycles. The summed E-state index contributed by atoms with van der Waals surface area (Å²) in [6.45, 7) is 2.42. The van der Waals surface area contributed by atoms with Crippen LogP contribution in [0.25, 0.3) is 0 Å². The molecule has 1 aromatic rings. The average molecular weight is 474 g/mol. The lowest BCUT2D eigenvalue weighted by Gasteiger charge is -2.36. The first-order chi connectivity index (χ1) is 16.6. The number of hydrogen-bond acceptors (Lipinski definition) is 7. The maximum absolute atomic E-state index is 13.6. The standard InChI is InChI=1S/C26H35NO7/c1-2-29-18-12-6-5-11-17(18)27-23(28)21-19-20(32-25(31-19)13-7-3-8-14-25)22-24(30-21)34-26(33-22)15-9-4-10-16-26/h5-6,11-12,19-22,24H,2-4,7-10,13-16H2,1H3,(H,27,28)/t19-,20-,21+,22+,24+/m0/s1. The molecule has 5 fully saturated rings. The maximum Gasteiger partial charge on any atom is 0.256 e. The number of rotatable bonds is 4. The van der Waals surface area contributed by atoms with Gasteiger partial charge >= 0.3 is 0 Å². The summed E-state index contributed by atoms with van der Waals surface area (Å²) in [4.78, 5) is 13.6. The summed E-state index contributed by atoms with van der Waals surface area (Å²) in [5, 5.41) is 3.00. The first-order valence-corrected chi connectivity index (χ1v) is 13.0. The molecule has 2 saturated carbocycles. The highest BCUT2D eigenvalue weighted by Gasteiger charge is 2.65. The summed E-state index contributed by atoms with van der Waals surface area (Å²) in [6.07, 6.45) is 7.02. The van der Waals surface area contributed by atoms with E-state index >= 15 is 0 Å². The van der Waals surface area contributed by atoms with E-state index in [1.54, 1.807) is 0 Å². The Morgan fingerprint density at radius 2 is 1.50 bits per heavy atom. The molecule has 0 radical (unpaired) electrons. The van der Waals surface area contributed by atoms with Gasteiger partial charge in [-0.15, -0.1) is 0 Å². The average Bonchev–Trinajstić information content (AvgIpc) is 3.38. The number of ether oxygens (including phenoxy) is 6. The maximum atomic E-state index is 13.6. The smallest absolute Gasteiger partial charge is 0.256 e. The SMILES string of the molecule is CCOc1ccccc1NC(=O)[C@@H]1O[C@@H]2OC3(CCCCC3)O[C@@H]2[C@H]2OC3(CCCCC3)O[C@@H]21. The number of nitrogens with one attached hydrogen (secondary N) is 1. The van der Waals surface area contributed by atoms with Crippen molar-refractivity contribution in [1.29, 1.82) is 0 Å². The van der Waals surface area contributed by atoms with Gasteiger partial charge in [0.1, 0.15) is 24.1 Å². The fourth-order valence-corrected chi connectivity index (χ4v) is 6.22. The number of hydrogen-bond donors (Lipinski definition) is 1. The van der Waals surface area contributed by atoms with Gasteiger partial charge < -0.3 is 33.7 Å². The third-order valence-electron chi connectivity index (χ3n) is 7.81. The fraction of sp³-hybridized carbons (Fsp3) is 0.731. The van der Waals surface area contributed by atoms with Gasteiger partial charge in [-0.2, -0.15) is 0 Å². The summed E-state index contributed by atoms with van der Waals surface area (Å²) in [6, 6.07) is 7.41. The molecule has 6 rings (SSSR count). The van der Waals surface area contributed by atoms with Gasteiger partial charge in [0.25, 0.3) is 5.91 Å². The molecule has 0 aromatic heterocycles. The topological polar surface area (TPSA) is 84.5 Å². The molecule has 2 aliphatic carbocycles. The Labute approximate surface area is 200 Å². The Morgan fingerprint density at radius 1 is 0.882 bits per heavy atom. The second-order valence-electron chi connectivity index (χ2n) is 10.2. The molecular formula is C26H35NO7. The first kappa shape index (κ1) is 22.7. The van der Waals surface area contributed by atoms with Crippen LogP contribution in [0, 0.1) is 0 Å². The zero-order valence-corrected chi connectivity index (χ0v) is 19.8. The molecule has 0 bridgehead atoms. The third-order valence-corrected chi connectivity index (χ3v) is 7.81. The Balaban J connectivity index is 1.27. The zero-order valence-electron chi connectivity index (χ0n) is 19.8. The highest BCUT2D eigenvalue weighted by atomic mass is 16.9. The van der Waals surface area contributed by atoms with E-state index in [0.717, 1.165) is 51.4 Å². The van der Waals surface area contributed by atoms with Crippen molar-refractivity contribution < 1.29 is 33.2 Å². The van der Waals surface area contributed by atoms with Gasteiger partial charge in [0.15, 0.2) is 24.0 Å². The number of benzene rings is 1. The van der Waals surface area contributed by atoms with E-state index in [0.29, 0.717) is 18.0 Å².